The average molecular weight is 253 g/mol. The van der Waals surface area contributed by atoms with E-state index in [0.717, 1.165) is 12.0 Å². The van der Waals surface area contributed by atoms with Crippen molar-refractivity contribution >= 4 is 0 Å². The highest BCUT2D eigenvalue weighted by Gasteiger charge is 2.26. The van der Waals surface area contributed by atoms with Gasteiger partial charge in [-0.05, 0) is 39.8 Å². The lowest BCUT2D eigenvalue weighted by Crippen LogP contribution is -2.46. The minimum atomic E-state index is 0.734. The first-order chi connectivity index (χ1) is 8.65. The van der Waals surface area contributed by atoms with Gasteiger partial charge in [0.15, 0.2) is 0 Å². The maximum Gasteiger partial charge on any atom is 0.0110 e. The van der Waals surface area contributed by atoms with Crippen LogP contribution in [-0.2, 0) is 0 Å². The molecule has 3 heteroatoms. The third kappa shape index (κ3) is 4.71. The smallest absolute Gasteiger partial charge is 0.0110 e. The first-order valence-electron chi connectivity index (χ1n) is 7.30. The standard InChI is InChI=1S/C13H27N3.C2H4/c1-12(2)16-5-4-13(11-16)10-15-8-6-14(3)7-9-15;1-2/h12-13H,4-11H2,1-3H3;1-2H2. The van der Waals surface area contributed by atoms with E-state index >= 15 is 0 Å². The van der Waals surface area contributed by atoms with Crippen LogP contribution in [0, 0.1) is 5.92 Å². The summed E-state index contributed by atoms with van der Waals surface area (Å²) in [6, 6.07) is 0.734. The Hall–Kier alpha value is -0.380. The molecule has 0 amide bonds. The van der Waals surface area contributed by atoms with Crippen LogP contribution in [0.4, 0.5) is 0 Å². The van der Waals surface area contributed by atoms with E-state index < -0.39 is 0 Å². The summed E-state index contributed by atoms with van der Waals surface area (Å²) in [6.07, 6.45) is 1.41. The molecule has 0 aromatic rings. The number of hydrogen-bond donors (Lipinski definition) is 0. The van der Waals surface area contributed by atoms with Crippen LogP contribution in [0.25, 0.3) is 0 Å². The van der Waals surface area contributed by atoms with Crippen molar-refractivity contribution in [3.8, 4) is 0 Å². The fourth-order valence-electron chi connectivity index (χ4n) is 2.88. The normalized spacial score (nSPS) is 27.2. The largest absolute Gasteiger partial charge is 0.304 e. The van der Waals surface area contributed by atoms with E-state index in [1.54, 1.807) is 0 Å². The second kappa shape index (κ2) is 7.93. The molecule has 3 nitrogen and oxygen atoms in total. The second-order valence-corrected chi connectivity index (χ2v) is 5.85. The van der Waals surface area contributed by atoms with Crippen LogP contribution in [0.15, 0.2) is 13.2 Å². The van der Waals surface area contributed by atoms with Crippen molar-refractivity contribution in [2.75, 3.05) is 52.9 Å². The van der Waals surface area contributed by atoms with Gasteiger partial charge in [0, 0.05) is 45.3 Å². The lowest BCUT2D eigenvalue weighted by molar-refractivity contribution is 0.135. The molecule has 2 aliphatic rings. The summed E-state index contributed by atoms with van der Waals surface area (Å²) in [5, 5.41) is 0. The van der Waals surface area contributed by atoms with E-state index in [4.69, 9.17) is 0 Å². The highest BCUT2D eigenvalue weighted by molar-refractivity contribution is 4.81. The van der Waals surface area contributed by atoms with Gasteiger partial charge in [-0.2, -0.15) is 0 Å². The van der Waals surface area contributed by atoms with Crippen molar-refractivity contribution in [1.82, 2.24) is 14.7 Å². The van der Waals surface area contributed by atoms with Crippen molar-refractivity contribution < 1.29 is 0 Å². The Balaban J connectivity index is 0.000000771. The fourth-order valence-corrected chi connectivity index (χ4v) is 2.88. The molecule has 0 aliphatic carbocycles. The van der Waals surface area contributed by atoms with Crippen LogP contribution >= 0.6 is 0 Å². The van der Waals surface area contributed by atoms with Crippen molar-refractivity contribution in [3.63, 3.8) is 0 Å². The molecule has 2 fully saturated rings. The van der Waals surface area contributed by atoms with Crippen LogP contribution in [0.3, 0.4) is 0 Å². The van der Waals surface area contributed by atoms with Gasteiger partial charge in [0.05, 0.1) is 0 Å². The zero-order chi connectivity index (χ0) is 13.5. The summed E-state index contributed by atoms with van der Waals surface area (Å²) < 4.78 is 0. The molecule has 0 N–H and O–H groups in total. The Bertz CT molecular complexity index is 222. The van der Waals surface area contributed by atoms with E-state index in [1.807, 2.05) is 0 Å². The highest BCUT2D eigenvalue weighted by atomic mass is 15.3. The molecule has 0 bridgehead atoms. The molecule has 2 saturated heterocycles. The SMILES string of the molecule is C=C.CC(C)N1CCC(CN2CCN(C)CC2)C1. The molecule has 0 radical (unpaired) electrons. The van der Waals surface area contributed by atoms with E-state index in [2.05, 4.69) is 48.8 Å². The molecule has 0 spiro atoms. The van der Waals surface area contributed by atoms with Gasteiger partial charge in [-0.3, -0.25) is 0 Å². The first-order valence-corrected chi connectivity index (χ1v) is 7.30. The number of nitrogens with zero attached hydrogens (tertiary/aromatic N) is 3. The predicted octanol–water partition coefficient (Wildman–Crippen LogP) is 1.77. The van der Waals surface area contributed by atoms with Gasteiger partial charge in [-0.1, -0.05) is 0 Å². The van der Waals surface area contributed by atoms with E-state index in [1.165, 1.54) is 52.2 Å². The Morgan fingerprint density at radius 2 is 1.67 bits per heavy atom. The maximum absolute atomic E-state index is 3.00. The van der Waals surface area contributed by atoms with Crippen molar-refractivity contribution in [2.45, 2.75) is 26.3 Å². The van der Waals surface area contributed by atoms with Crippen LogP contribution in [0.1, 0.15) is 20.3 Å². The van der Waals surface area contributed by atoms with Gasteiger partial charge in [0.25, 0.3) is 0 Å². The Labute approximate surface area is 113 Å². The Kier molecular flexibility index (Phi) is 6.90. The van der Waals surface area contributed by atoms with Gasteiger partial charge >= 0.3 is 0 Å². The summed E-state index contributed by atoms with van der Waals surface area (Å²) in [4.78, 5) is 7.72. The predicted molar refractivity (Wildman–Crippen MR) is 80.0 cm³/mol. The van der Waals surface area contributed by atoms with Gasteiger partial charge in [0.1, 0.15) is 0 Å². The van der Waals surface area contributed by atoms with Crippen LogP contribution < -0.4 is 0 Å². The molecule has 1 unspecified atom stereocenters. The third-order valence-corrected chi connectivity index (χ3v) is 4.16. The zero-order valence-electron chi connectivity index (χ0n) is 12.6. The van der Waals surface area contributed by atoms with Crippen LogP contribution in [0.2, 0.25) is 0 Å². The number of piperazine rings is 1. The number of likely N-dealkylation sites (N-methyl/N-ethyl adjacent to an activating group) is 1. The maximum atomic E-state index is 3.00. The molecule has 2 heterocycles. The van der Waals surface area contributed by atoms with Gasteiger partial charge in [-0.25, -0.2) is 0 Å². The summed E-state index contributed by atoms with van der Waals surface area (Å²) >= 11 is 0. The molecular weight excluding hydrogens is 222 g/mol. The Morgan fingerprint density at radius 3 is 2.17 bits per heavy atom. The molecule has 0 aromatic carbocycles. The second-order valence-electron chi connectivity index (χ2n) is 5.85. The van der Waals surface area contributed by atoms with E-state index in [9.17, 15) is 0 Å². The summed E-state index contributed by atoms with van der Waals surface area (Å²) in [5.74, 6) is 0.922. The zero-order valence-corrected chi connectivity index (χ0v) is 12.6. The highest BCUT2D eigenvalue weighted by Crippen LogP contribution is 2.19. The molecule has 2 aliphatic heterocycles. The molecule has 106 valence electrons. The Morgan fingerprint density at radius 1 is 1.06 bits per heavy atom. The lowest BCUT2D eigenvalue weighted by Gasteiger charge is -2.34. The number of likely N-dealkylation sites (tertiary alicyclic amines) is 1. The van der Waals surface area contributed by atoms with Gasteiger partial charge in [0.2, 0.25) is 0 Å². The molecular formula is C15H31N3. The van der Waals surface area contributed by atoms with Crippen molar-refractivity contribution in [3.05, 3.63) is 13.2 Å². The molecule has 18 heavy (non-hydrogen) atoms. The third-order valence-electron chi connectivity index (χ3n) is 4.16. The molecule has 0 saturated carbocycles. The fraction of sp³-hybridized carbons (Fsp3) is 0.867. The molecule has 2 rings (SSSR count). The minimum Gasteiger partial charge on any atom is -0.304 e. The summed E-state index contributed by atoms with van der Waals surface area (Å²) in [7, 11) is 2.23. The van der Waals surface area contributed by atoms with Crippen molar-refractivity contribution in [1.29, 1.82) is 0 Å². The average Bonchev–Trinajstić information content (AvgIpc) is 2.83. The van der Waals surface area contributed by atoms with Crippen molar-refractivity contribution in [2.24, 2.45) is 5.92 Å². The minimum absolute atomic E-state index is 0.734. The quantitative estimate of drug-likeness (QED) is 0.710. The van der Waals surface area contributed by atoms with E-state index in [-0.39, 0.29) is 0 Å². The van der Waals surface area contributed by atoms with Gasteiger partial charge < -0.3 is 14.7 Å². The number of hydrogen-bond acceptors (Lipinski definition) is 3. The summed E-state index contributed by atoms with van der Waals surface area (Å²) in [6.45, 7) is 19.7. The summed E-state index contributed by atoms with van der Waals surface area (Å²) in [5.41, 5.74) is 0. The van der Waals surface area contributed by atoms with Gasteiger partial charge in [-0.15, -0.1) is 13.2 Å². The lowest BCUT2D eigenvalue weighted by atomic mass is 10.1. The van der Waals surface area contributed by atoms with E-state index in [0.29, 0.717) is 0 Å². The molecule has 1 atom stereocenters. The topological polar surface area (TPSA) is 9.72 Å². The first kappa shape index (κ1) is 15.7. The van der Waals surface area contributed by atoms with Crippen LogP contribution in [0.5, 0.6) is 0 Å². The number of rotatable bonds is 3. The van der Waals surface area contributed by atoms with Crippen LogP contribution in [-0.4, -0.2) is 73.6 Å². The monoisotopic (exact) mass is 253 g/mol. The molecule has 0 aromatic heterocycles.